The molecule has 2 aliphatic rings. The van der Waals surface area contributed by atoms with Crippen LogP contribution in [0.3, 0.4) is 0 Å². The highest BCUT2D eigenvalue weighted by Crippen LogP contribution is 2.31. The number of nitrogens with one attached hydrogen (secondary N) is 1. The molecule has 1 unspecified atom stereocenters. The molecule has 1 atom stereocenters. The van der Waals surface area contributed by atoms with E-state index >= 15 is 0 Å². The molecule has 1 aromatic rings. The van der Waals surface area contributed by atoms with Crippen molar-refractivity contribution in [1.82, 2.24) is 10.2 Å². The van der Waals surface area contributed by atoms with Gasteiger partial charge in [0.2, 0.25) is 0 Å². The van der Waals surface area contributed by atoms with E-state index in [1.165, 1.54) is 12.1 Å². The minimum absolute atomic E-state index is 0.0130. The first-order valence-corrected chi connectivity index (χ1v) is 7.53. The molecule has 1 heterocycles. The Morgan fingerprint density at radius 2 is 2.20 bits per heavy atom. The van der Waals surface area contributed by atoms with Crippen LogP contribution in [0.2, 0.25) is 5.02 Å². The molecule has 0 spiro atoms. The van der Waals surface area contributed by atoms with Crippen molar-refractivity contribution in [3.63, 3.8) is 0 Å². The van der Waals surface area contributed by atoms with E-state index in [2.05, 4.69) is 5.32 Å². The molecule has 0 radical (unpaired) electrons. The number of carbonyl (C=O) groups excluding carboxylic acids is 1. The van der Waals surface area contributed by atoms with Gasteiger partial charge in [-0.25, -0.2) is 4.39 Å². The lowest BCUT2D eigenvalue weighted by Gasteiger charge is -2.26. The lowest BCUT2D eigenvalue weighted by molar-refractivity contribution is 0.0724. The van der Waals surface area contributed by atoms with Gasteiger partial charge in [0.1, 0.15) is 5.82 Å². The molecule has 1 N–H and O–H groups in total. The van der Waals surface area contributed by atoms with Crippen LogP contribution < -0.4 is 5.32 Å². The standard InChI is InChI=1S/C15H18ClFN2O/c16-12-4-1-5-13(17)14(12)15(20)19(11-6-7-11)9-10-3-2-8-18-10/h1,4-5,10-11,18H,2-3,6-9H2. The van der Waals surface area contributed by atoms with Crippen LogP contribution in [0.15, 0.2) is 18.2 Å². The van der Waals surface area contributed by atoms with Crippen LogP contribution in [0.4, 0.5) is 4.39 Å². The van der Waals surface area contributed by atoms with Gasteiger partial charge in [-0.1, -0.05) is 17.7 Å². The quantitative estimate of drug-likeness (QED) is 0.926. The topological polar surface area (TPSA) is 32.3 Å². The number of hydrogen-bond donors (Lipinski definition) is 1. The third-order valence-corrected chi connectivity index (χ3v) is 4.32. The fourth-order valence-electron chi connectivity index (χ4n) is 2.78. The van der Waals surface area contributed by atoms with Crippen LogP contribution in [-0.4, -0.2) is 36.0 Å². The molecule has 1 saturated heterocycles. The molecule has 1 amide bonds. The van der Waals surface area contributed by atoms with Crippen LogP contribution >= 0.6 is 11.6 Å². The van der Waals surface area contributed by atoms with Crippen molar-refractivity contribution in [2.24, 2.45) is 0 Å². The average Bonchev–Trinajstić information content (AvgIpc) is 3.12. The molecule has 0 bridgehead atoms. The fraction of sp³-hybridized carbons (Fsp3) is 0.533. The van der Waals surface area contributed by atoms with Gasteiger partial charge in [-0.15, -0.1) is 0 Å². The third-order valence-electron chi connectivity index (χ3n) is 4.00. The third kappa shape index (κ3) is 2.81. The van der Waals surface area contributed by atoms with Crippen LogP contribution in [0.25, 0.3) is 0 Å². The van der Waals surface area contributed by atoms with E-state index in [1.54, 1.807) is 11.0 Å². The zero-order valence-electron chi connectivity index (χ0n) is 11.2. The van der Waals surface area contributed by atoms with Gasteiger partial charge in [-0.05, 0) is 44.4 Å². The maximum absolute atomic E-state index is 13.9. The maximum atomic E-state index is 13.9. The summed E-state index contributed by atoms with van der Waals surface area (Å²) in [5, 5.41) is 3.58. The van der Waals surface area contributed by atoms with Crippen LogP contribution in [0.1, 0.15) is 36.0 Å². The molecular weight excluding hydrogens is 279 g/mol. The summed E-state index contributed by atoms with van der Waals surface area (Å²) in [6.45, 7) is 1.64. The highest BCUT2D eigenvalue weighted by Gasteiger charge is 2.36. The predicted molar refractivity (Wildman–Crippen MR) is 76.5 cm³/mol. The van der Waals surface area contributed by atoms with Gasteiger partial charge in [0.15, 0.2) is 0 Å². The molecule has 1 aliphatic heterocycles. The number of hydrogen-bond acceptors (Lipinski definition) is 2. The highest BCUT2D eigenvalue weighted by atomic mass is 35.5. The number of rotatable bonds is 4. The summed E-state index contributed by atoms with van der Waals surface area (Å²) in [6, 6.07) is 4.95. The molecule has 3 rings (SSSR count). The Labute approximate surface area is 123 Å². The summed E-state index contributed by atoms with van der Waals surface area (Å²) >= 11 is 6.01. The van der Waals surface area contributed by atoms with E-state index in [0.29, 0.717) is 12.6 Å². The molecule has 20 heavy (non-hydrogen) atoms. The summed E-state index contributed by atoms with van der Waals surface area (Å²) in [5.74, 6) is -0.808. The van der Waals surface area contributed by atoms with Crippen molar-refractivity contribution >= 4 is 17.5 Å². The van der Waals surface area contributed by atoms with E-state index in [4.69, 9.17) is 11.6 Å². The van der Waals surface area contributed by atoms with Gasteiger partial charge in [-0.3, -0.25) is 4.79 Å². The van der Waals surface area contributed by atoms with Gasteiger partial charge < -0.3 is 10.2 Å². The Hall–Kier alpha value is -1.13. The van der Waals surface area contributed by atoms with Gasteiger partial charge in [0, 0.05) is 18.6 Å². The van der Waals surface area contributed by atoms with Crippen molar-refractivity contribution in [1.29, 1.82) is 0 Å². The second-order valence-corrected chi connectivity index (χ2v) is 5.99. The summed E-state index contributed by atoms with van der Waals surface area (Å²) in [5.41, 5.74) is 0.0130. The minimum atomic E-state index is -0.535. The number of amides is 1. The first-order chi connectivity index (χ1) is 9.66. The normalized spacial score (nSPS) is 22.0. The van der Waals surface area contributed by atoms with Crippen LogP contribution in [0, 0.1) is 5.82 Å². The fourth-order valence-corrected chi connectivity index (χ4v) is 3.02. The Morgan fingerprint density at radius 1 is 1.40 bits per heavy atom. The van der Waals surface area contributed by atoms with Crippen LogP contribution in [0.5, 0.6) is 0 Å². The summed E-state index contributed by atoms with van der Waals surface area (Å²) in [4.78, 5) is 14.4. The Kier molecular flexibility index (Phi) is 3.94. The Balaban J connectivity index is 1.81. The molecule has 2 fully saturated rings. The van der Waals surface area contributed by atoms with Crippen molar-refractivity contribution < 1.29 is 9.18 Å². The predicted octanol–water partition coefficient (Wildman–Crippen LogP) is 2.84. The number of halogens is 2. The average molecular weight is 297 g/mol. The molecule has 1 aliphatic carbocycles. The van der Waals surface area contributed by atoms with Gasteiger partial charge in [0.25, 0.3) is 5.91 Å². The second-order valence-electron chi connectivity index (χ2n) is 5.58. The largest absolute Gasteiger partial charge is 0.334 e. The van der Waals surface area contributed by atoms with Gasteiger partial charge >= 0.3 is 0 Å². The van der Waals surface area contributed by atoms with Crippen molar-refractivity contribution in [2.45, 2.75) is 37.8 Å². The summed E-state index contributed by atoms with van der Waals surface area (Å²) in [6.07, 6.45) is 4.22. The van der Waals surface area contributed by atoms with E-state index in [9.17, 15) is 9.18 Å². The minimum Gasteiger partial charge on any atom is -0.334 e. The Morgan fingerprint density at radius 3 is 2.80 bits per heavy atom. The SMILES string of the molecule is O=C(c1c(F)cccc1Cl)N(CC1CCCN1)C1CC1. The van der Waals surface area contributed by atoms with Gasteiger partial charge in [-0.2, -0.15) is 0 Å². The molecule has 1 saturated carbocycles. The van der Waals surface area contributed by atoms with E-state index in [0.717, 1.165) is 32.2 Å². The number of nitrogens with zero attached hydrogens (tertiary/aromatic N) is 1. The lowest BCUT2D eigenvalue weighted by Crippen LogP contribution is -2.42. The summed E-state index contributed by atoms with van der Waals surface area (Å²) in [7, 11) is 0. The molecule has 0 aromatic heterocycles. The monoisotopic (exact) mass is 296 g/mol. The zero-order chi connectivity index (χ0) is 14.1. The highest BCUT2D eigenvalue weighted by molar-refractivity contribution is 6.33. The molecule has 108 valence electrons. The maximum Gasteiger partial charge on any atom is 0.258 e. The van der Waals surface area contributed by atoms with E-state index in [-0.39, 0.29) is 22.5 Å². The van der Waals surface area contributed by atoms with Crippen molar-refractivity contribution in [2.75, 3.05) is 13.1 Å². The summed E-state index contributed by atoms with van der Waals surface area (Å²) < 4.78 is 13.9. The molecule has 3 nitrogen and oxygen atoms in total. The smallest absolute Gasteiger partial charge is 0.258 e. The molecule has 5 heteroatoms. The van der Waals surface area contributed by atoms with Crippen molar-refractivity contribution in [3.8, 4) is 0 Å². The number of benzene rings is 1. The molecular formula is C15H18ClFN2O. The van der Waals surface area contributed by atoms with Crippen molar-refractivity contribution in [3.05, 3.63) is 34.6 Å². The number of carbonyl (C=O) groups is 1. The lowest BCUT2D eigenvalue weighted by atomic mass is 10.1. The first kappa shape index (κ1) is 13.8. The zero-order valence-corrected chi connectivity index (χ0v) is 12.0. The Bertz CT molecular complexity index is 492. The van der Waals surface area contributed by atoms with E-state index in [1.807, 2.05) is 0 Å². The van der Waals surface area contributed by atoms with E-state index < -0.39 is 5.82 Å². The van der Waals surface area contributed by atoms with Crippen LogP contribution in [-0.2, 0) is 0 Å². The van der Waals surface area contributed by atoms with Gasteiger partial charge in [0.05, 0.1) is 10.6 Å². The molecule has 1 aromatic carbocycles. The first-order valence-electron chi connectivity index (χ1n) is 7.15. The second kappa shape index (κ2) is 5.70.